The van der Waals surface area contributed by atoms with Crippen LogP contribution in [-0.4, -0.2) is 42.0 Å². The third-order valence-corrected chi connectivity index (χ3v) is 4.00. The van der Waals surface area contributed by atoms with Crippen molar-refractivity contribution < 1.29 is 32.3 Å². The molecule has 0 aromatic rings. The number of hydrogen-bond acceptors (Lipinski definition) is 4. The van der Waals surface area contributed by atoms with Crippen LogP contribution in [0.25, 0.3) is 0 Å². The predicted octanol–water partition coefficient (Wildman–Crippen LogP) is -0.0473. The molecule has 0 unspecified atom stereocenters. The molecule has 18 heavy (non-hydrogen) atoms. The highest BCUT2D eigenvalue weighted by atomic mass is 19.4. The minimum atomic E-state index is -4.91. The molecule has 0 N–H and O–H groups in total. The minimum absolute atomic E-state index is 0.132. The first kappa shape index (κ1) is 11.5. The number of esters is 2. The average molecular weight is 263 g/mol. The molecule has 8 heteroatoms. The molecule has 3 fully saturated rings. The molecule has 1 saturated carbocycles. The Morgan fingerprint density at radius 1 is 1.11 bits per heavy atom. The number of rotatable bonds is 0. The van der Waals surface area contributed by atoms with Crippen LogP contribution in [0.5, 0.6) is 0 Å². The molecule has 3 aliphatic rings. The molecule has 0 bridgehead atoms. The second-order valence-electron chi connectivity index (χ2n) is 4.83. The summed E-state index contributed by atoms with van der Waals surface area (Å²) in [5, 5.41) is 0. The van der Waals surface area contributed by atoms with Gasteiger partial charge in [0.1, 0.15) is 0 Å². The molecule has 0 aromatic heterocycles. The molecule has 2 aliphatic heterocycles. The standard InChI is InChI=1S/C10H8F3NO4/c11-10(12,13)9(17)14-1-3-4(2-14)6-5(3)7(15)18-8(6)16/h3-6H,1-2H2/t3-,4+,5+,6-. The topological polar surface area (TPSA) is 63.7 Å². The zero-order chi connectivity index (χ0) is 13.2. The van der Waals surface area contributed by atoms with Gasteiger partial charge in [0.15, 0.2) is 0 Å². The summed E-state index contributed by atoms with van der Waals surface area (Å²) >= 11 is 0. The van der Waals surface area contributed by atoms with E-state index in [0.29, 0.717) is 4.90 Å². The van der Waals surface area contributed by atoms with Crippen molar-refractivity contribution in [2.45, 2.75) is 6.18 Å². The van der Waals surface area contributed by atoms with Crippen LogP contribution in [0.4, 0.5) is 13.2 Å². The number of alkyl halides is 3. The van der Waals surface area contributed by atoms with Gasteiger partial charge in [0, 0.05) is 13.1 Å². The number of carbonyl (C=O) groups is 3. The lowest BCUT2D eigenvalue weighted by Gasteiger charge is -2.38. The summed E-state index contributed by atoms with van der Waals surface area (Å²) in [7, 11) is 0. The number of nitrogens with zero attached hydrogens (tertiary/aromatic N) is 1. The van der Waals surface area contributed by atoms with E-state index in [1.807, 2.05) is 0 Å². The van der Waals surface area contributed by atoms with Gasteiger partial charge in [-0.1, -0.05) is 0 Å². The smallest absolute Gasteiger partial charge is 0.393 e. The molecule has 1 aliphatic carbocycles. The summed E-state index contributed by atoms with van der Waals surface area (Å²) in [6.07, 6.45) is -4.91. The van der Waals surface area contributed by atoms with Gasteiger partial charge in [-0.25, -0.2) is 0 Å². The van der Waals surface area contributed by atoms with Gasteiger partial charge < -0.3 is 9.64 Å². The second kappa shape index (κ2) is 3.24. The summed E-state index contributed by atoms with van der Waals surface area (Å²) in [5.41, 5.74) is 0. The SMILES string of the molecule is O=C1OC(=O)[C@H]2[C@@H]3CN(C(=O)C(F)(F)F)C[C@@H]3[C@@H]12. The molecular formula is C10H8F3NO4. The lowest BCUT2D eigenvalue weighted by molar-refractivity contribution is -0.184. The maximum Gasteiger partial charge on any atom is 0.471 e. The molecule has 0 radical (unpaired) electrons. The zero-order valence-corrected chi connectivity index (χ0v) is 8.94. The van der Waals surface area contributed by atoms with E-state index in [2.05, 4.69) is 4.74 Å². The highest BCUT2D eigenvalue weighted by Gasteiger charge is 2.67. The molecule has 3 rings (SSSR count). The van der Waals surface area contributed by atoms with E-state index in [1.165, 1.54) is 0 Å². The lowest BCUT2D eigenvalue weighted by atomic mass is 9.59. The second-order valence-corrected chi connectivity index (χ2v) is 4.83. The van der Waals surface area contributed by atoms with Gasteiger partial charge in [-0.3, -0.25) is 14.4 Å². The fourth-order valence-electron chi connectivity index (χ4n) is 3.22. The van der Waals surface area contributed by atoms with Gasteiger partial charge in [-0.2, -0.15) is 13.2 Å². The summed E-state index contributed by atoms with van der Waals surface area (Å²) in [6.45, 7) is -0.265. The highest BCUT2D eigenvalue weighted by molar-refractivity contribution is 5.99. The number of ether oxygens (including phenoxy) is 1. The van der Waals surface area contributed by atoms with E-state index in [4.69, 9.17) is 0 Å². The van der Waals surface area contributed by atoms with Crippen LogP contribution >= 0.6 is 0 Å². The summed E-state index contributed by atoms with van der Waals surface area (Å²) in [6, 6.07) is 0. The van der Waals surface area contributed by atoms with Crippen molar-refractivity contribution in [1.82, 2.24) is 4.90 Å². The molecule has 5 nitrogen and oxygen atoms in total. The number of likely N-dealkylation sites (tertiary alicyclic amines) is 1. The third-order valence-electron chi connectivity index (χ3n) is 4.00. The summed E-state index contributed by atoms with van der Waals surface area (Å²) in [5.74, 6) is -5.32. The van der Waals surface area contributed by atoms with Crippen LogP contribution < -0.4 is 0 Å². The molecule has 2 saturated heterocycles. The van der Waals surface area contributed by atoms with Gasteiger partial charge in [0.05, 0.1) is 11.8 Å². The van der Waals surface area contributed by atoms with E-state index >= 15 is 0 Å². The van der Waals surface area contributed by atoms with Crippen LogP contribution in [0.15, 0.2) is 0 Å². The lowest BCUT2D eigenvalue weighted by Crippen LogP contribution is -2.47. The largest absolute Gasteiger partial charge is 0.471 e. The van der Waals surface area contributed by atoms with Gasteiger partial charge in [-0.05, 0) is 11.8 Å². The highest BCUT2D eigenvalue weighted by Crippen LogP contribution is 2.54. The first-order valence-corrected chi connectivity index (χ1v) is 5.42. The van der Waals surface area contributed by atoms with Gasteiger partial charge in [-0.15, -0.1) is 0 Å². The van der Waals surface area contributed by atoms with E-state index in [-0.39, 0.29) is 24.9 Å². The number of cyclic esters (lactones) is 2. The van der Waals surface area contributed by atoms with E-state index < -0.39 is 35.9 Å². The number of fused-ring (bicyclic) bond motifs is 4. The normalized spacial score (nSPS) is 38.1. The van der Waals surface area contributed by atoms with Gasteiger partial charge in [0.25, 0.3) is 0 Å². The summed E-state index contributed by atoms with van der Waals surface area (Å²) < 4.78 is 41.3. The van der Waals surface area contributed by atoms with Crippen LogP contribution in [0.2, 0.25) is 0 Å². The monoisotopic (exact) mass is 263 g/mol. The maximum atomic E-state index is 12.3. The fourth-order valence-corrected chi connectivity index (χ4v) is 3.22. The van der Waals surface area contributed by atoms with Gasteiger partial charge in [0.2, 0.25) is 0 Å². The molecule has 98 valence electrons. The molecule has 0 aromatic carbocycles. The quantitative estimate of drug-likeness (QED) is 0.454. The van der Waals surface area contributed by atoms with Crippen molar-refractivity contribution in [3.8, 4) is 0 Å². The predicted molar refractivity (Wildman–Crippen MR) is 47.7 cm³/mol. The van der Waals surface area contributed by atoms with Crippen LogP contribution in [0, 0.1) is 23.7 Å². The first-order valence-electron chi connectivity index (χ1n) is 5.42. The van der Waals surface area contributed by atoms with Crippen LogP contribution in [0.3, 0.4) is 0 Å². The Hall–Kier alpha value is -1.60. The van der Waals surface area contributed by atoms with Gasteiger partial charge >= 0.3 is 24.0 Å². The van der Waals surface area contributed by atoms with Crippen molar-refractivity contribution in [2.75, 3.05) is 13.1 Å². The Morgan fingerprint density at radius 2 is 1.56 bits per heavy atom. The maximum absolute atomic E-state index is 12.3. The molecule has 1 amide bonds. The number of halogens is 3. The van der Waals surface area contributed by atoms with E-state index in [9.17, 15) is 27.6 Å². The Labute approximate surface area is 98.9 Å². The van der Waals surface area contributed by atoms with Crippen LogP contribution in [0.1, 0.15) is 0 Å². The molecule has 4 atom stereocenters. The Bertz CT molecular complexity index is 433. The molecular weight excluding hydrogens is 255 g/mol. The van der Waals surface area contributed by atoms with Crippen LogP contribution in [-0.2, 0) is 19.1 Å². The summed E-state index contributed by atoms with van der Waals surface area (Å²) in [4.78, 5) is 34.3. The number of carbonyl (C=O) groups excluding carboxylic acids is 3. The average Bonchev–Trinajstić information content (AvgIpc) is 2.66. The van der Waals surface area contributed by atoms with Crippen molar-refractivity contribution >= 4 is 17.8 Å². The number of hydrogen-bond donors (Lipinski definition) is 0. The number of amides is 1. The van der Waals surface area contributed by atoms with Crippen molar-refractivity contribution in [2.24, 2.45) is 23.7 Å². The first-order chi connectivity index (χ1) is 8.30. The zero-order valence-electron chi connectivity index (χ0n) is 8.94. The molecule has 0 spiro atoms. The third kappa shape index (κ3) is 1.31. The van der Waals surface area contributed by atoms with Crippen molar-refractivity contribution in [3.05, 3.63) is 0 Å². The Kier molecular flexibility index (Phi) is 2.07. The van der Waals surface area contributed by atoms with Crippen molar-refractivity contribution in [3.63, 3.8) is 0 Å². The Balaban J connectivity index is 1.76. The van der Waals surface area contributed by atoms with Crippen molar-refractivity contribution in [1.29, 1.82) is 0 Å². The van der Waals surface area contributed by atoms with E-state index in [1.54, 1.807) is 0 Å². The Morgan fingerprint density at radius 3 is 1.94 bits per heavy atom. The van der Waals surface area contributed by atoms with E-state index in [0.717, 1.165) is 0 Å². The fraction of sp³-hybridized carbons (Fsp3) is 0.700. The molecule has 2 heterocycles. The minimum Gasteiger partial charge on any atom is -0.393 e.